The summed E-state index contributed by atoms with van der Waals surface area (Å²) in [6, 6.07) is 6.20. The van der Waals surface area contributed by atoms with Gasteiger partial charge in [-0.05, 0) is 5.56 Å². The molecular weight excluding hydrogens is 320 g/mol. The topological polar surface area (TPSA) is 163 Å². The number of alkyl carbamates (subject to hydrolysis) is 1. The molecule has 0 saturated heterocycles. The average molecular weight is 340 g/mol. The van der Waals surface area contributed by atoms with Crippen LogP contribution in [-0.2, 0) is 20.9 Å². The van der Waals surface area contributed by atoms with E-state index in [1.165, 1.54) is 0 Å². The monoisotopic (exact) mass is 340 g/mol. The van der Waals surface area contributed by atoms with Crippen LogP contribution in [0, 0.1) is 0 Å². The van der Waals surface area contributed by atoms with Crippen molar-refractivity contribution in [3.05, 3.63) is 35.9 Å². The number of ether oxygens (including phenoxy) is 1. The largest absolute Gasteiger partial charge is 0.445 e. The number of carbonyl (C=O) groups is 3. The van der Waals surface area contributed by atoms with Gasteiger partial charge in [-0.3, -0.25) is 15.0 Å². The van der Waals surface area contributed by atoms with E-state index in [-0.39, 0.29) is 6.61 Å². The van der Waals surface area contributed by atoms with Crippen molar-refractivity contribution in [2.75, 3.05) is 13.2 Å². The zero-order valence-corrected chi connectivity index (χ0v) is 12.8. The van der Waals surface area contributed by atoms with Gasteiger partial charge in [0, 0.05) is 0 Å². The zero-order valence-electron chi connectivity index (χ0n) is 12.8. The van der Waals surface area contributed by atoms with Gasteiger partial charge in [0.1, 0.15) is 18.7 Å². The second-order valence-electron chi connectivity index (χ2n) is 4.69. The molecule has 24 heavy (non-hydrogen) atoms. The minimum absolute atomic E-state index is 0.0126. The number of aliphatic hydroxyl groups excluding tert-OH is 2. The van der Waals surface area contributed by atoms with Gasteiger partial charge in [0.15, 0.2) is 0 Å². The number of carbonyl (C=O) groups excluding carboxylic acids is 3. The van der Waals surface area contributed by atoms with E-state index in [4.69, 9.17) is 15.7 Å². The molecule has 1 aromatic carbocycles. The predicted octanol–water partition coefficient (Wildman–Crippen LogP) is -2.26. The molecule has 0 aromatic heterocycles. The Bertz CT molecular complexity index is 553. The quantitative estimate of drug-likeness (QED) is 0.177. The lowest BCUT2D eigenvalue weighted by molar-refractivity contribution is -0.131. The van der Waals surface area contributed by atoms with Crippen molar-refractivity contribution in [2.24, 2.45) is 5.84 Å². The number of hydrazine groups is 1. The molecule has 2 atom stereocenters. The van der Waals surface area contributed by atoms with Gasteiger partial charge >= 0.3 is 6.09 Å². The highest BCUT2D eigenvalue weighted by Gasteiger charge is 2.26. The van der Waals surface area contributed by atoms with Gasteiger partial charge in [-0.2, -0.15) is 0 Å². The van der Waals surface area contributed by atoms with Crippen molar-refractivity contribution in [3.63, 3.8) is 0 Å². The standard InChI is InChI=1S/C14H20N4O6/c15-18-13(22)11(7-20)16-12(21)10(6-19)17-14(23)24-8-9-4-2-1-3-5-9/h1-5,10-11,19-20H,6-8,15H2,(H,16,21)(H,17,23)(H,18,22). The maximum atomic E-state index is 11.9. The summed E-state index contributed by atoms with van der Waals surface area (Å²) >= 11 is 0. The fraction of sp³-hybridized carbons (Fsp3) is 0.357. The van der Waals surface area contributed by atoms with E-state index < -0.39 is 43.2 Å². The second-order valence-corrected chi connectivity index (χ2v) is 4.69. The molecule has 0 heterocycles. The van der Waals surface area contributed by atoms with Gasteiger partial charge in [-0.1, -0.05) is 30.3 Å². The number of hydrogen-bond donors (Lipinski definition) is 6. The molecule has 1 rings (SSSR count). The molecule has 0 bridgehead atoms. The first-order chi connectivity index (χ1) is 11.5. The Morgan fingerprint density at radius 3 is 2.12 bits per heavy atom. The van der Waals surface area contributed by atoms with Crippen molar-refractivity contribution in [2.45, 2.75) is 18.7 Å². The van der Waals surface area contributed by atoms with E-state index in [9.17, 15) is 19.5 Å². The molecule has 0 fully saturated rings. The van der Waals surface area contributed by atoms with Crippen LogP contribution in [0.15, 0.2) is 30.3 Å². The Hall–Kier alpha value is -2.69. The molecule has 0 spiro atoms. The van der Waals surface area contributed by atoms with Crippen LogP contribution in [0.2, 0.25) is 0 Å². The first-order valence-corrected chi connectivity index (χ1v) is 7.01. The van der Waals surface area contributed by atoms with E-state index in [1.54, 1.807) is 29.7 Å². The SMILES string of the molecule is NNC(=O)C(CO)NC(=O)C(CO)NC(=O)OCc1ccccc1. The first kappa shape index (κ1) is 19.4. The summed E-state index contributed by atoms with van der Waals surface area (Å²) in [5.74, 6) is 3.20. The number of hydrogen-bond acceptors (Lipinski definition) is 7. The number of nitrogens with two attached hydrogens (primary N) is 1. The fourth-order valence-electron chi connectivity index (χ4n) is 1.67. The number of aliphatic hydroxyl groups is 2. The van der Waals surface area contributed by atoms with Gasteiger partial charge in [-0.25, -0.2) is 10.6 Å². The number of rotatable bonds is 8. The highest BCUT2D eigenvalue weighted by Crippen LogP contribution is 2.00. The summed E-state index contributed by atoms with van der Waals surface area (Å²) < 4.78 is 4.92. The van der Waals surface area contributed by atoms with E-state index >= 15 is 0 Å². The van der Waals surface area contributed by atoms with Gasteiger partial charge in [0.05, 0.1) is 13.2 Å². The predicted molar refractivity (Wildman–Crippen MR) is 82.0 cm³/mol. The zero-order chi connectivity index (χ0) is 17.9. The molecule has 0 aliphatic heterocycles. The van der Waals surface area contributed by atoms with Crippen LogP contribution in [0.5, 0.6) is 0 Å². The average Bonchev–Trinajstić information content (AvgIpc) is 2.62. The third-order valence-electron chi connectivity index (χ3n) is 2.96. The van der Waals surface area contributed by atoms with Crippen LogP contribution in [-0.4, -0.2) is 53.4 Å². The summed E-state index contributed by atoms with van der Waals surface area (Å²) in [7, 11) is 0. The van der Waals surface area contributed by atoms with Crippen LogP contribution < -0.4 is 21.9 Å². The van der Waals surface area contributed by atoms with E-state index in [0.29, 0.717) is 0 Å². The van der Waals surface area contributed by atoms with Crippen molar-refractivity contribution in [1.29, 1.82) is 0 Å². The van der Waals surface area contributed by atoms with E-state index in [0.717, 1.165) is 5.56 Å². The molecule has 10 heteroatoms. The maximum Gasteiger partial charge on any atom is 0.408 e. The molecule has 2 unspecified atom stereocenters. The van der Waals surface area contributed by atoms with Crippen molar-refractivity contribution < 1.29 is 29.3 Å². The molecule has 0 aliphatic carbocycles. The van der Waals surface area contributed by atoms with Crippen molar-refractivity contribution in [1.82, 2.24) is 16.1 Å². The lowest BCUT2D eigenvalue weighted by Gasteiger charge is -2.19. The number of benzene rings is 1. The second kappa shape index (κ2) is 10.2. The lowest BCUT2D eigenvalue weighted by Crippen LogP contribution is -2.56. The highest BCUT2D eigenvalue weighted by molar-refractivity contribution is 5.91. The Balaban J connectivity index is 2.51. The third-order valence-corrected chi connectivity index (χ3v) is 2.96. The molecule has 10 nitrogen and oxygen atoms in total. The molecule has 132 valence electrons. The Kier molecular flexibility index (Phi) is 8.19. The van der Waals surface area contributed by atoms with E-state index in [1.807, 2.05) is 6.07 Å². The smallest absolute Gasteiger partial charge is 0.408 e. The summed E-state index contributed by atoms with van der Waals surface area (Å²) in [5, 5.41) is 22.5. The molecule has 7 N–H and O–H groups in total. The number of nitrogens with one attached hydrogen (secondary N) is 3. The third kappa shape index (κ3) is 6.20. The van der Waals surface area contributed by atoms with E-state index in [2.05, 4.69) is 10.6 Å². The van der Waals surface area contributed by atoms with Crippen LogP contribution in [0.1, 0.15) is 5.56 Å². The minimum Gasteiger partial charge on any atom is -0.445 e. The molecule has 0 saturated carbocycles. The summed E-state index contributed by atoms with van der Waals surface area (Å²) in [4.78, 5) is 34.8. The summed E-state index contributed by atoms with van der Waals surface area (Å²) in [6.45, 7) is -1.44. The maximum absolute atomic E-state index is 11.9. The highest BCUT2D eigenvalue weighted by atomic mass is 16.5. The van der Waals surface area contributed by atoms with Crippen molar-refractivity contribution >= 4 is 17.9 Å². The van der Waals surface area contributed by atoms with Gasteiger partial charge in [0.25, 0.3) is 5.91 Å². The van der Waals surface area contributed by atoms with Gasteiger partial charge < -0.3 is 25.6 Å². The van der Waals surface area contributed by atoms with Crippen LogP contribution in [0.3, 0.4) is 0 Å². The molecule has 0 radical (unpaired) electrons. The molecular formula is C14H20N4O6. The number of amides is 3. The molecule has 0 aliphatic rings. The Morgan fingerprint density at radius 2 is 1.58 bits per heavy atom. The first-order valence-electron chi connectivity index (χ1n) is 7.01. The normalized spacial score (nSPS) is 12.6. The summed E-state index contributed by atoms with van der Waals surface area (Å²) in [6.07, 6.45) is -0.920. The lowest BCUT2D eigenvalue weighted by atomic mass is 10.2. The Morgan fingerprint density at radius 1 is 1.00 bits per heavy atom. The van der Waals surface area contributed by atoms with Crippen LogP contribution in [0.25, 0.3) is 0 Å². The van der Waals surface area contributed by atoms with Crippen LogP contribution in [0.4, 0.5) is 4.79 Å². The Labute approximate surface area is 137 Å². The molecule has 3 amide bonds. The minimum atomic E-state index is -1.35. The fourth-order valence-corrected chi connectivity index (χ4v) is 1.67. The molecule has 1 aromatic rings. The van der Waals surface area contributed by atoms with Crippen LogP contribution >= 0.6 is 0 Å². The van der Waals surface area contributed by atoms with Crippen molar-refractivity contribution in [3.8, 4) is 0 Å². The van der Waals surface area contributed by atoms with Gasteiger partial charge in [-0.15, -0.1) is 0 Å². The van der Waals surface area contributed by atoms with Gasteiger partial charge in [0.2, 0.25) is 5.91 Å². The summed E-state index contributed by atoms with van der Waals surface area (Å²) in [5.41, 5.74) is 2.52.